The smallest absolute Gasteiger partial charge is 0.270 e. The molecule has 4 heteroatoms. The molecule has 1 aliphatic rings. The molecule has 1 fully saturated rings. The summed E-state index contributed by atoms with van der Waals surface area (Å²) >= 11 is 0. The fraction of sp³-hybridized carbons (Fsp3) is 0.320. The minimum atomic E-state index is 0.167. The topological polar surface area (TPSA) is 28.5 Å². The molecule has 0 bridgehead atoms. The Kier molecular flexibility index (Phi) is 5.81. The highest BCUT2D eigenvalue weighted by molar-refractivity contribution is 6.01. The number of amides is 1. The van der Waals surface area contributed by atoms with E-state index in [0.717, 1.165) is 56.0 Å². The van der Waals surface area contributed by atoms with Gasteiger partial charge in [0.05, 0.1) is 0 Å². The third-order valence-corrected chi connectivity index (χ3v) is 5.88. The second-order valence-electron chi connectivity index (χ2n) is 7.64. The Bertz CT molecular complexity index is 1010. The highest BCUT2D eigenvalue weighted by Gasteiger charge is 2.26. The van der Waals surface area contributed by atoms with Crippen molar-refractivity contribution in [1.82, 2.24) is 14.4 Å². The number of para-hydroxylation sites is 1. The highest BCUT2D eigenvalue weighted by Crippen LogP contribution is 2.27. The van der Waals surface area contributed by atoms with Crippen molar-refractivity contribution < 1.29 is 4.79 Å². The van der Waals surface area contributed by atoms with Crippen LogP contribution in [0, 0.1) is 6.92 Å². The van der Waals surface area contributed by atoms with Gasteiger partial charge in [0.1, 0.15) is 5.69 Å². The monoisotopic (exact) mass is 387 g/mol. The molecule has 29 heavy (non-hydrogen) atoms. The van der Waals surface area contributed by atoms with Crippen molar-refractivity contribution in [3.8, 4) is 0 Å². The lowest BCUT2D eigenvalue weighted by atomic mass is 10.1. The number of aromatic nitrogens is 1. The minimum Gasteiger partial charge on any atom is -0.337 e. The molecule has 2 heterocycles. The average molecular weight is 388 g/mol. The van der Waals surface area contributed by atoms with Gasteiger partial charge in [-0.05, 0) is 31.0 Å². The highest BCUT2D eigenvalue weighted by atomic mass is 16.2. The van der Waals surface area contributed by atoms with Gasteiger partial charge in [0.15, 0.2) is 0 Å². The number of rotatable bonds is 5. The Morgan fingerprint density at radius 3 is 2.38 bits per heavy atom. The molecule has 150 valence electrons. The molecule has 3 aromatic rings. The van der Waals surface area contributed by atoms with Crippen molar-refractivity contribution >= 4 is 22.9 Å². The molecule has 0 aliphatic carbocycles. The van der Waals surface area contributed by atoms with Crippen molar-refractivity contribution in [1.29, 1.82) is 0 Å². The summed E-state index contributed by atoms with van der Waals surface area (Å²) in [7, 11) is 0. The number of carbonyl (C=O) groups excluding carboxylic acids is 1. The number of hydrogen-bond acceptors (Lipinski definition) is 2. The van der Waals surface area contributed by atoms with Gasteiger partial charge in [0.25, 0.3) is 5.91 Å². The molecule has 0 unspecified atom stereocenters. The van der Waals surface area contributed by atoms with Crippen molar-refractivity contribution in [2.75, 3.05) is 32.7 Å². The molecule has 1 saturated heterocycles. The second-order valence-corrected chi connectivity index (χ2v) is 7.64. The summed E-state index contributed by atoms with van der Waals surface area (Å²) in [5.41, 5.74) is 4.33. The fourth-order valence-corrected chi connectivity index (χ4v) is 4.27. The molecule has 0 atom stereocenters. The Labute approximate surface area is 173 Å². The van der Waals surface area contributed by atoms with E-state index in [0.29, 0.717) is 0 Å². The Morgan fingerprint density at radius 2 is 1.66 bits per heavy atom. The van der Waals surface area contributed by atoms with Crippen LogP contribution in [0.5, 0.6) is 0 Å². The van der Waals surface area contributed by atoms with Gasteiger partial charge < -0.3 is 9.47 Å². The molecule has 1 aromatic heterocycles. The summed E-state index contributed by atoms with van der Waals surface area (Å²) in [4.78, 5) is 17.8. The largest absolute Gasteiger partial charge is 0.337 e. The van der Waals surface area contributed by atoms with Crippen molar-refractivity contribution in [2.45, 2.75) is 20.4 Å². The van der Waals surface area contributed by atoms with Crippen LogP contribution in [-0.2, 0) is 6.54 Å². The maximum atomic E-state index is 13.3. The Morgan fingerprint density at radius 1 is 0.966 bits per heavy atom. The molecule has 1 amide bonds. The summed E-state index contributed by atoms with van der Waals surface area (Å²) in [6.07, 6.45) is 4.38. The molecule has 0 saturated carbocycles. The maximum absolute atomic E-state index is 13.3. The van der Waals surface area contributed by atoms with Crippen LogP contribution in [0.25, 0.3) is 17.0 Å². The van der Waals surface area contributed by atoms with E-state index < -0.39 is 0 Å². The SMILES string of the molecule is CCn1c(C(=O)N2CCN(C/C=C/c3ccccc3)CC2)c(C)c2ccccc21. The summed E-state index contributed by atoms with van der Waals surface area (Å²) in [5, 5.41) is 1.18. The fourth-order valence-electron chi connectivity index (χ4n) is 4.27. The lowest BCUT2D eigenvalue weighted by molar-refractivity contribution is 0.0639. The van der Waals surface area contributed by atoms with Crippen LogP contribution in [0.4, 0.5) is 0 Å². The van der Waals surface area contributed by atoms with Crippen LogP contribution in [-0.4, -0.2) is 53.0 Å². The van der Waals surface area contributed by atoms with E-state index in [1.165, 1.54) is 10.9 Å². The van der Waals surface area contributed by atoms with E-state index in [-0.39, 0.29) is 5.91 Å². The number of piperazine rings is 1. The molecule has 0 radical (unpaired) electrons. The zero-order chi connectivity index (χ0) is 20.2. The summed E-state index contributed by atoms with van der Waals surface area (Å²) < 4.78 is 2.17. The normalized spacial score (nSPS) is 15.4. The number of carbonyl (C=O) groups is 1. The molecular formula is C25H29N3O. The third-order valence-electron chi connectivity index (χ3n) is 5.88. The van der Waals surface area contributed by atoms with Gasteiger partial charge in [0.2, 0.25) is 0 Å². The minimum absolute atomic E-state index is 0.167. The number of benzene rings is 2. The first-order chi connectivity index (χ1) is 14.2. The number of nitrogens with zero attached hydrogens (tertiary/aromatic N) is 3. The first-order valence-electron chi connectivity index (χ1n) is 10.5. The van der Waals surface area contributed by atoms with Crippen LogP contribution < -0.4 is 0 Å². The Balaban J connectivity index is 1.41. The molecule has 4 rings (SSSR count). The lowest BCUT2D eigenvalue weighted by Crippen LogP contribution is -2.49. The zero-order valence-corrected chi connectivity index (χ0v) is 17.3. The summed E-state index contributed by atoms with van der Waals surface area (Å²) in [6.45, 7) is 9.30. The van der Waals surface area contributed by atoms with Crippen molar-refractivity contribution in [3.05, 3.63) is 77.5 Å². The lowest BCUT2D eigenvalue weighted by Gasteiger charge is -2.34. The van der Waals surface area contributed by atoms with Crippen LogP contribution in [0.2, 0.25) is 0 Å². The maximum Gasteiger partial charge on any atom is 0.270 e. The molecule has 4 nitrogen and oxygen atoms in total. The molecule has 0 N–H and O–H groups in total. The molecule has 0 spiro atoms. The molecule has 2 aromatic carbocycles. The third kappa shape index (κ3) is 3.99. The van der Waals surface area contributed by atoms with Gasteiger partial charge in [-0.15, -0.1) is 0 Å². The van der Waals surface area contributed by atoms with Crippen molar-refractivity contribution in [2.24, 2.45) is 0 Å². The van der Waals surface area contributed by atoms with Crippen LogP contribution in [0.1, 0.15) is 28.5 Å². The van der Waals surface area contributed by atoms with E-state index in [9.17, 15) is 4.79 Å². The molecule has 1 aliphatic heterocycles. The number of hydrogen-bond donors (Lipinski definition) is 0. The van der Waals surface area contributed by atoms with Crippen LogP contribution in [0.3, 0.4) is 0 Å². The standard InChI is InChI=1S/C25H29N3O/c1-3-28-23-14-8-7-13-22(23)20(2)24(28)25(29)27-18-16-26(17-19-27)15-9-12-21-10-5-4-6-11-21/h4-14H,3,15-19H2,1-2H3/b12-9+. The quantitative estimate of drug-likeness (QED) is 0.647. The first-order valence-corrected chi connectivity index (χ1v) is 10.5. The summed E-state index contributed by atoms with van der Waals surface area (Å²) in [5.74, 6) is 0.167. The number of aryl methyl sites for hydroxylation is 2. The van der Waals surface area contributed by atoms with E-state index in [4.69, 9.17) is 0 Å². The average Bonchev–Trinajstić information content (AvgIpc) is 3.06. The summed E-state index contributed by atoms with van der Waals surface area (Å²) in [6, 6.07) is 18.7. The van der Waals surface area contributed by atoms with E-state index >= 15 is 0 Å². The number of fused-ring (bicyclic) bond motifs is 1. The van der Waals surface area contributed by atoms with E-state index in [1.54, 1.807) is 0 Å². The van der Waals surface area contributed by atoms with Gasteiger partial charge >= 0.3 is 0 Å². The van der Waals surface area contributed by atoms with Gasteiger partial charge in [-0.25, -0.2) is 0 Å². The second kappa shape index (κ2) is 8.66. The predicted molar refractivity (Wildman–Crippen MR) is 120 cm³/mol. The van der Waals surface area contributed by atoms with Gasteiger partial charge in [-0.2, -0.15) is 0 Å². The van der Waals surface area contributed by atoms with Crippen LogP contribution >= 0.6 is 0 Å². The van der Waals surface area contributed by atoms with Gasteiger partial charge in [-0.3, -0.25) is 9.69 Å². The van der Waals surface area contributed by atoms with Gasteiger partial charge in [-0.1, -0.05) is 60.7 Å². The van der Waals surface area contributed by atoms with Crippen LogP contribution in [0.15, 0.2) is 60.7 Å². The first kappa shape index (κ1) is 19.5. The predicted octanol–water partition coefficient (Wildman–Crippen LogP) is 4.44. The molecular weight excluding hydrogens is 358 g/mol. The Hall–Kier alpha value is -2.85. The zero-order valence-electron chi connectivity index (χ0n) is 17.3. The van der Waals surface area contributed by atoms with E-state index in [2.05, 4.69) is 71.9 Å². The van der Waals surface area contributed by atoms with Crippen molar-refractivity contribution in [3.63, 3.8) is 0 Å². The van der Waals surface area contributed by atoms with E-state index in [1.807, 2.05) is 23.1 Å². The van der Waals surface area contributed by atoms with Gasteiger partial charge in [0, 0.05) is 50.2 Å².